The maximum absolute atomic E-state index is 11.5. The number of aromatic amines is 1. The molecule has 0 saturated heterocycles. The molecule has 4 aliphatic rings. The topological polar surface area (TPSA) is 55.0 Å². The highest BCUT2D eigenvalue weighted by atomic mass is 16.5. The minimum atomic E-state index is -0.267. The molecule has 4 aliphatic carbocycles. The van der Waals surface area contributed by atoms with Gasteiger partial charge in [0.05, 0.1) is 6.61 Å². The van der Waals surface area contributed by atoms with Crippen LogP contribution < -0.4 is 0 Å². The number of ether oxygens (including phenoxy) is 1. The molecule has 5 rings (SSSR count). The van der Waals surface area contributed by atoms with Crippen molar-refractivity contribution < 1.29 is 9.53 Å². The van der Waals surface area contributed by atoms with E-state index in [-0.39, 0.29) is 5.97 Å². The monoisotopic (exact) mass is 190 g/mol. The van der Waals surface area contributed by atoms with Crippen molar-refractivity contribution in [1.82, 2.24) is 10.2 Å². The van der Waals surface area contributed by atoms with Crippen LogP contribution in [0.25, 0.3) is 0 Å². The standard InChI is InChI=1S/C10H10N2O2/c1-2-14-10(13)9-7-5-3-4(5)6(3)8(7)11-12-9/h3-6H,2H2,1H3,(H,11,12)/t3-,4?,5-,6?/m0/s1. The van der Waals surface area contributed by atoms with E-state index < -0.39 is 0 Å². The normalized spacial score (nSPS) is 38.9. The number of nitrogens with one attached hydrogen (secondary N) is 1. The molecule has 72 valence electrons. The van der Waals surface area contributed by atoms with E-state index in [4.69, 9.17) is 4.74 Å². The summed E-state index contributed by atoms with van der Waals surface area (Å²) in [7, 11) is 0. The fourth-order valence-corrected chi connectivity index (χ4v) is 3.10. The average Bonchev–Trinajstić information content (AvgIpc) is 2.87. The van der Waals surface area contributed by atoms with Crippen LogP contribution in [0.5, 0.6) is 0 Å². The molecule has 0 spiro atoms. The maximum Gasteiger partial charge on any atom is 0.359 e. The Hall–Kier alpha value is -1.32. The van der Waals surface area contributed by atoms with E-state index in [1.165, 1.54) is 11.3 Å². The van der Waals surface area contributed by atoms with Gasteiger partial charge in [0.25, 0.3) is 0 Å². The lowest BCUT2D eigenvalue weighted by molar-refractivity contribution is 0.0518. The van der Waals surface area contributed by atoms with Gasteiger partial charge in [-0.3, -0.25) is 5.10 Å². The third-order valence-corrected chi connectivity index (χ3v) is 3.79. The quantitative estimate of drug-likeness (QED) is 0.708. The van der Waals surface area contributed by atoms with Crippen molar-refractivity contribution in [3.8, 4) is 0 Å². The van der Waals surface area contributed by atoms with Gasteiger partial charge in [0.2, 0.25) is 0 Å². The number of aromatic nitrogens is 2. The first-order chi connectivity index (χ1) is 6.84. The highest BCUT2D eigenvalue weighted by Gasteiger charge is 2.81. The summed E-state index contributed by atoms with van der Waals surface area (Å²) in [5.41, 5.74) is 2.93. The second-order valence-corrected chi connectivity index (χ2v) is 4.33. The number of carbonyl (C=O) groups excluding carboxylic acids is 1. The van der Waals surface area contributed by atoms with E-state index in [2.05, 4.69) is 10.2 Å². The van der Waals surface area contributed by atoms with Gasteiger partial charge in [-0.15, -0.1) is 0 Å². The summed E-state index contributed by atoms with van der Waals surface area (Å²) >= 11 is 0. The third-order valence-electron chi connectivity index (χ3n) is 3.79. The molecule has 14 heavy (non-hydrogen) atoms. The molecule has 0 radical (unpaired) electrons. The van der Waals surface area contributed by atoms with E-state index >= 15 is 0 Å². The summed E-state index contributed by atoms with van der Waals surface area (Å²) in [6.45, 7) is 2.23. The van der Waals surface area contributed by atoms with Crippen LogP contribution >= 0.6 is 0 Å². The molecule has 2 bridgehead atoms. The van der Waals surface area contributed by atoms with E-state index in [1.54, 1.807) is 0 Å². The highest BCUT2D eigenvalue weighted by Crippen LogP contribution is 2.87. The van der Waals surface area contributed by atoms with Gasteiger partial charge in [0, 0.05) is 17.2 Å². The molecule has 0 aliphatic heterocycles. The summed E-state index contributed by atoms with van der Waals surface area (Å²) in [6, 6.07) is 0. The van der Waals surface area contributed by atoms with Gasteiger partial charge in [-0.1, -0.05) is 0 Å². The molecule has 1 aromatic rings. The predicted molar refractivity (Wildman–Crippen MR) is 47.0 cm³/mol. The Balaban J connectivity index is 1.76. The highest BCUT2D eigenvalue weighted by molar-refractivity contribution is 5.91. The number of esters is 1. The first kappa shape index (κ1) is 7.04. The van der Waals surface area contributed by atoms with Crippen molar-refractivity contribution >= 4 is 5.97 Å². The number of H-pyrrole nitrogens is 1. The number of hydrogen-bond acceptors (Lipinski definition) is 3. The van der Waals surface area contributed by atoms with Gasteiger partial charge >= 0.3 is 5.97 Å². The van der Waals surface area contributed by atoms with Gasteiger partial charge in [-0.05, 0) is 24.7 Å². The summed E-state index contributed by atoms with van der Waals surface area (Å²) in [6.07, 6.45) is 0. The smallest absolute Gasteiger partial charge is 0.359 e. The molecule has 0 aromatic carbocycles. The van der Waals surface area contributed by atoms with Crippen LogP contribution in [-0.2, 0) is 4.74 Å². The van der Waals surface area contributed by atoms with Crippen LogP contribution in [0.1, 0.15) is 40.5 Å². The summed E-state index contributed by atoms with van der Waals surface area (Å²) < 4.78 is 4.97. The zero-order valence-electron chi connectivity index (χ0n) is 7.78. The molecule has 2 unspecified atom stereocenters. The first-order valence-electron chi connectivity index (χ1n) is 5.10. The largest absolute Gasteiger partial charge is 0.461 e. The molecule has 4 atom stereocenters. The molecular weight excluding hydrogens is 180 g/mol. The maximum atomic E-state index is 11.5. The first-order valence-corrected chi connectivity index (χ1v) is 5.10. The Kier molecular flexibility index (Phi) is 0.941. The molecule has 1 heterocycles. The zero-order chi connectivity index (χ0) is 9.45. The fraction of sp³-hybridized carbons (Fsp3) is 0.600. The lowest BCUT2D eigenvalue weighted by Crippen LogP contribution is -2.07. The SMILES string of the molecule is CCOC(=O)c1n[nH]c2c1[C@@H]1C3C2[C@@H]31. The van der Waals surface area contributed by atoms with Crippen LogP contribution in [0.15, 0.2) is 0 Å². The molecule has 0 amide bonds. The number of rotatable bonds is 2. The average molecular weight is 190 g/mol. The van der Waals surface area contributed by atoms with Crippen LogP contribution in [0.4, 0.5) is 0 Å². The zero-order valence-corrected chi connectivity index (χ0v) is 7.78. The summed E-state index contributed by atoms with van der Waals surface area (Å²) in [4.78, 5) is 11.5. The number of carbonyl (C=O) groups is 1. The molecule has 1 N–H and O–H groups in total. The number of hydrogen-bond donors (Lipinski definition) is 1. The van der Waals surface area contributed by atoms with Gasteiger partial charge in [0.15, 0.2) is 5.69 Å². The second kappa shape index (κ2) is 1.87. The Morgan fingerprint density at radius 2 is 2.29 bits per heavy atom. The lowest BCUT2D eigenvalue weighted by Gasteiger charge is -2.00. The van der Waals surface area contributed by atoms with Gasteiger partial charge in [-0.2, -0.15) is 5.10 Å². The van der Waals surface area contributed by atoms with Crippen LogP contribution in [0.2, 0.25) is 0 Å². The molecular formula is C10H10N2O2. The predicted octanol–water partition coefficient (Wildman–Crippen LogP) is 1.03. The Morgan fingerprint density at radius 3 is 3.00 bits per heavy atom. The van der Waals surface area contributed by atoms with Gasteiger partial charge < -0.3 is 4.74 Å². The molecule has 4 heteroatoms. The van der Waals surface area contributed by atoms with Crippen molar-refractivity contribution in [2.75, 3.05) is 6.61 Å². The molecule has 4 nitrogen and oxygen atoms in total. The van der Waals surface area contributed by atoms with Crippen molar-refractivity contribution in [2.24, 2.45) is 11.8 Å². The van der Waals surface area contributed by atoms with Crippen molar-refractivity contribution in [2.45, 2.75) is 18.8 Å². The minimum absolute atomic E-state index is 0.267. The van der Waals surface area contributed by atoms with Crippen molar-refractivity contribution in [3.63, 3.8) is 0 Å². The van der Waals surface area contributed by atoms with Gasteiger partial charge in [-0.25, -0.2) is 4.79 Å². The van der Waals surface area contributed by atoms with Gasteiger partial charge in [0.1, 0.15) is 0 Å². The Morgan fingerprint density at radius 1 is 1.50 bits per heavy atom. The van der Waals surface area contributed by atoms with Crippen LogP contribution in [0, 0.1) is 11.8 Å². The van der Waals surface area contributed by atoms with Crippen molar-refractivity contribution in [3.05, 3.63) is 17.0 Å². The van der Waals surface area contributed by atoms with Crippen LogP contribution in [0.3, 0.4) is 0 Å². The minimum Gasteiger partial charge on any atom is -0.461 e. The lowest BCUT2D eigenvalue weighted by atomic mass is 10.1. The molecule has 2 fully saturated rings. The van der Waals surface area contributed by atoms with E-state index in [0.29, 0.717) is 24.1 Å². The fourth-order valence-electron chi connectivity index (χ4n) is 3.10. The Labute approximate surface area is 80.6 Å². The number of nitrogens with zero attached hydrogens (tertiary/aromatic N) is 1. The molecule has 2 saturated carbocycles. The van der Waals surface area contributed by atoms with E-state index in [1.807, 2.05) is 6.92 Å². The Bertz CT molecular complexity index is 441. The summed E-state index contributed by atoms with van der Waals surface area (Å²) in [5, 5.41) is 7.04. The van der Waals surface area contributed by atoms with E-state index in [0.717, 1.165) is 11.8 Å². The molecule has 1 aromatic heterocycles. The van der Waals surface area contributed by atoms with Crippen LogP contribution in [-0.4, -0.2) is 22.8 Å². The third kappa shape index (κ3) is 0.549. The second-order valence-electron chi connectivity index (χ2n) is 4.33. The summed E-state index contributed by atoms with van der Waals surface area (Å²) in [5.74, 6) is 2.80. The van der Waals surface area contributed by atoms with E-state index in [9.17, 15) is 4.79 Å². The van der Waals surface area contributed by atoms with Crippen molar-refractivity contribution in [1.29, 1.82) is 0 Å².